The maximum Gasteiger partial charge on any atom is 0.180 e. The predicted molar refractivity (Wildman–Crippen MR) is 60.5 cm³/mol. The van der Waals surface area contributed by atoms with Crippen LogP contribution < -0.4 is 4.74 Å². The van der Waals surface area contributed by atoms with Gasteiger partial charge in [0.2, 0.25) is 0 Å². The molecule has 90 valence electrons. The summed E-state index contributed by atoms with van der Waals surface area (Å²) >= 11 is 0. The molecule has 0 aromatic heterocycles. The van der Waals surface area contributed by atoms with Gasteiger partial charge in [0.25, 0.3) is 0 Å². The Kier molecular flexibility index (Phi) is 5.85. The highest BCUT2D eigenvalue weighted by Crippen LogP contribution is 2.13. The Morgan fingerprint density at radius 1 is 1.12 bits per heavy atom. The number of hydrogen-bond acceptors (Lipinski definition) is 4. The Morgan fingerprint density at radius 3 is 2.50 bits per heavy atom. The van der Waals surface area contributed by atoms with E-state index >= 15 is 0 Å². The number of benzene rings is 1. The minimum Gasteiger partial charge on any atom is -0.497 e. The molecule has 0 aliphatic carbocycles. The minimum absolute atomic E-state index is 0.314. The molecule has 1 aromatic rings. The minimum atomic E-state index is -0.314. The number of rotatable bonds is 7. The second kappa shape index (κ2) is 7.22. The Balaban J connectivity index is 2.36. The highest BCUT2D eigenvalue weighted by molar-refractivity contribution is 5.27. The van der Waals surface area contributed by atoms with Crippen LogP contribution in [0.1, 0.15) is 5.56 Å². The third kappa shape index (κ3) is 4.18. The van der Waals surface area contributed by atoms with Gasteiger partial charge in [-0.05, 0) is 17.7 Å². The maximum atomic E-state index is 5.46. The van der Waals surface area contributed by atoms with Crippen LogP contribution in [0.3, 0.4) is 0 Å². The molecule has 0 bridgehead atoms. The number of methoxy groups -OCH3 is 3. The molecular weight excluding hydrogens is 208 g/mol. The largest absolute Gasteiger partial charge is 0.497 e. The number of hydrogen-bond donors (Lipinski definition) is 0. The highest BCUT2D eigenvalue weighted by atomic mass is 16.7. The molecule has 4 nitrogen and oxygen atoms in total. The van der Waals surface area contributed by atoms with Crippen LogP contribution >= 0.6 is 0 Å². The summed E-state index contributed by atoms with van der Waals surface area (Å²) in [5, 5.41) is 0. The normalized spacial score (nSPS) is 10.8. The molecule has 0 unspecified atom stereocenters. The number of ether oxygens (including phenoxy) is 4. The molecule has 0 amide bonds. The second-order valence-corrected chi connectivity index (χ2v) is 3.27. The Morgan fingerprint density at radius 2 is 1.88 bits per heavy atom. The summed E-state index contributed by atoms with van der Waals surface area (Å²) in [5.41, 5.74) is 1.06. The van der Waals surface area contributed by atoms with E-state index in [4.69, 9.17) is 18.9 Å². The van der Waals surface area contributed by atoms with E-state index in [-0.39, 0.29) is 6.29 Å². The molecule has 1 rings (SSSR count). The summed E-state index contributed by atoms with van der Waals surface area (Å²) < 4.78 is 20.6. The van der Waals surface area contributed by atoms with Crippen molar-refractivity contribution in [2.45, 2.75) is 12.9 Å². The van der Waals surface area contributed by atoms with Gasteiger partial charge in [-0.25, -0.2) is 0 Å². The van der Waals surface area contributed by atoms with Gasteiger partial charge in [-0.2, -0.15) is 0 Å². The fourth-order valence-electron chi connectivity index (χ4n) is 1.27. The molecule has 0 N–H and O–H groups in total. The van der Waals surface area contributed by atoms with Gasteiger partial charge >= 0.3 is 0 Å². The quantitative estimate of drug-likeness (QED) is 0.665. The lowest BCUT2D eigenvalue weighted by Gasteiger charge is -2.13. The molecule has 0 radical (unpaired) electrons. The molecule has 0 saturated heterocycles. The van der Waals surface area contributed by atoms with Gasteiger partial charge < -0.3 is 18.9 Å². The van der Waals surface area contributed by atoms with Crippen LogP contribution in [0.5, 0.6) is 5.75 Å². The summed E-state index contributed by atoms with van der Waals surface area (Å²) in [6.45, 7) is 0.921. The van der Waals surface area contributed by atoms with Crippen molar-refractivity contribution in [3.8, 4) is 5.75 Å². The van der Waals surface area contributed by atoms with Gasteiger partial charge in [-0.15, -0.1) is 0 Å². The first-order valence-electron chi connectivity index (χ1n) is 5.06. The van der Waals surface area contributed by atoms with Crippen molar-refractivity contribution in [3.05, 3.63) is 29.8 Å². The van der Waals surface area contributed by atoms with Crippen molar-refractivity contribution in [1.82, 2.24) is 0 Å². The molecule has 0 atom stereocenters. The molecule has 0 spiro atoms. The molecular formula is C12H18O4. The van der Waals surface area contributed by atoms with Crippen molar-refractivity contribution in [3.63, 3.8) is 0 Å². The van der Waals surface area contributed by atoms with E-state index in [0.29, 0.717) is 13.2 Å². The lowest BCUT2D eigenvalue weighted by atomic mass is 10.2. The Labute approximate surface area is 96.1 Å². The molecule has 0 aliphatic heterocycles. The van der Waals surface area contributed by atoms with Crippen LogP contribution in [0.2, 0.25) is 0 Å². The summed E-state index contributed by atoms with van der Waals surface area (Å²) in [7, 11) is 4.82. The van der Waals surface area contributed by atoms with E-state index < -0.39 is 0 Å². The van der Waals surface area contributed by atoms with E-state index in [0.717, 1.165) is 11.3 Å². The highest BCUT2D eigenvalue weighted by Gasteiger charge is 2.04. The van der Waals surface area contributed by atoms with Gasteiger partial charge in [-0.1, -0.05) is 12.1 Å². The SMILES string of the molecule is COc1cccc(COCC(OC)OC)c1. The molecule has 0 fully saturated rings. The molecule has 1 aromatic carbocycles. The topological polar surface area (TPSA) is 36.9 Å². The van der Waals surface area contributed by atoms with Crippen molar-refractivity contribution >= 4 is 0 Å². The fraction of sp³-hybridized carbons (Fsp3) is 0.500. The Hall–Kier alpha value is -1.10. The first-order valence-corrected chi connectivity index (χ1v) is 5.06. The van der Waals surface area contributed by atoms with Crippen LogP contribution in [0.4, 0.5) is 0 Å². The zero-order chi connectivity index (χ0) is 11.8. The van der Waals surface area contributed by atoms with Crippen LogP contribution in [0.15, 0.2) is 24.3 Å². The predicted octanol–water partition coefficient (Wildman–Crippen LogP) is 1.83. The van der Waals surface area contributed by atoms with Crippen molar-refractivity contribution in [1.29, 1.82) is 0 Å². The fourth-order valence-corrected chi connectivity index (χ4v) is 1.27. The molecule has 16 heavy (non-hydrogen) atoms. The van der Waals surface area contributed by atoms with E-state index in [9.17, 15) is 0 Å². The summed E-state index contributed by atoms with van der Waals surface area (Å²) in [6.07, 6.45) is -0.314. The van der Waals surface area contributed by atoms with E-state index in [2.05, 4.69) is 0 Å². The standard InChI is InChI=1S/C12H18O4/c1-13-11-6-4-5-10(7-11)8-16-9-12(14-2)15-3/h4-7,12H,8-9H2,1-3H3. The third-order valence-electron chi connectivity index (χ3n) is 2.18. The molecule has 0 heterocycles. The van der Waals surface area contributed by atoms with Gasteiger partial charge in [-0.3, -0.25) is 0 Å². The van der Waals surface area contributed by atoms with E-state index in [1.807, 2.05) is 24.3 Å². The summed E-state index contributed by atoms with van der Waals surface area (Å²) in [4.78, 5) is 0. The first-order chi connectivity index (χ1) is 7.80. The summed E-state index contributed by atoms with van der Waals surface area (Å²) in [6, 6.07) is 7.75. The average Bonchev–Trinajstić information content (AvgIpc) is 2.35. The first kappa shape index (κ1) is 13.0. The molecule has 0 aliphatic rings. The summed E-state index contributed by atoms with van der Waals surface area (Å²) in [5.74, 6) is 0.830. The van der Waals surface area contributed by atoms with Gasteiger partial charge in [0.1, 0.15) is 5.75 Å². The molecule has 4 heteroatoms. The maximum absolute atomic E-state index is 5.46. The van der Waals surface area contributed by atoms with Crippen LogP contribution in [0.25, 0.3) is 0 Å². The van der Waals surface area contributed by atoms with Gasteiger partial charge in [0.15, 0.2) is 6.29 Å². The lowest BCUT2D eigenvalue weighted by Crippen LogP contribution is -2.19. The smallest absolute Gasteiger partial charge is 0.180 e. The van der Waals surface area contributed by atoms with Gasteiger partial charge in [0, 0.05) is 14.2 Å². The van der Waals surface area contributed by atoms with Gasteiger partial charge in [0.05, 0.1) is 20.3 Å². The monoisotopic (exact) mass is 226 g/mol. The van der Waals surface area contributed by atoms with Crippen LogP contribution in [-0.2, 0) is 20.8 Å². The van der Waals surface area contributed by atoms with Crippen LogP contribution in [0, 0.1) is 0 Å². The average molecular weight is 226 g/mol. The van der Waals surface area contributed by atoms with Crippen molar-refractivity contribution in [2.75, 3.05) is 27.9 Å². The molecule has 0 saturated carbocycles. The zero-order valence-electron chi connectivity index (χ0n) is 9.93. The van der Waals surface area contributed by atoms with Crippen molar-refractivity contribution < 1.29 is 18.9 Å². The zero-order valence-corrected chi connectivity index (χ0v) is 9.93. The Bertz CT molecular complexity index is 297. The van der Waals surface area contributed by atoms with Crippen LogP contribution in [-0.4, -0.2) is 34.2 Å². The third-order valence-corrected chi connectivity index (χ3v) is 2.18. The van der Waals surface area contributed by atoms with Crippen molar-refractivity contribution in [2.24, 2.45) is 0 Å². The second-order valence-electron chi connectivity index (χ2n) is 3.27. The van der Waals surface area contributed by atoms with E-state index in [1.165, 1.54) is 0 Å². The lowest BCUT2D eigenvalue weighted by molar-refractivity contribution is -0.142. The van der Waals surface area contributed by atoms with E-state index in [1.54, 1.807) is 21.3 Å².